The first-order valence-corrected chi connectivity index (χ1v) is 26.2. The maximum atomic E-state index is 2.36. The van der Waals surface area contributed by atoms with Crippen LogP contribution in [0.4, 0.5) is 68.2 Å². The Labute approximate surface area is 452 Å². The zero-order chi connectivity index (χ0) is 51.8. The predicted octanol–water partition coefficient (Wildman–Crippen LogP) is 20.9. The van der Waals surface area contributed by atoms with E-state index in [0.29, 0.717) is 0 Å². The standard InChI is InChI=1S/C73H56N4/c1-55-54-61(42-53-73(55)77(67-30-18-7-19-31-67)72-51-38-59(39-52-72)58-34-45-69(46-35-58)75(64-24-12-4-13-25-64)65-26-14-5-15-27-65)60-40-49-71(50-41-60)76(66-28-16-6-17-29-66)70-47-36-57(37-48-70)56-32-43-68(44-33-56)74(62-20-8-2-9-21-62)63-22-10-3-11-23-63/h2-54H,1H3. The Kier molecular flexibility index (Phi) is 13.7. The number of nitrogens with zero attached hydrogens (tertiary/aromatic N) is 4. The molecule has 0 saturated carbocycles. The Morgan fingerprint density at radius 1 is 0.169 bits per heavy atom. The minimum Gasteiger partial charge on any atom is -0.311 e. The zero-order valence-corrected chi connectivity index (χ0v) is 42.9. The van der Waals surface area contributed by atoms with Crippen LogP contribution in [0.5, 0.6) is 0 Å². The Bertz CT molecular complexity index is 3720. The topological polar surface area (TPSA) is 13.0 Å². The van der Waals surface area contributed by atoms with Crippen molar-refractivity contribution >= 4 is 68.2 Å². The van der Waals surface area contributed by atoms with E-state index >= 15 is 0 Å². The summed E-state index contributed by atoms with van der Waals surface area (Å²) in [5, 5.41) is 0. The van der Waals surface area contributed by atoms with Crippen LogP contribution in [0.15, 0.2) is 322 Å². The molecule has 368 valence electrons. The molecule has 0 N–H and O–H groups in total. The molecule has 4 heteroatoms. The molecular weight excluding hydrogens is 933 g/mol. The number of para-hydroxylation sites is 6. The van der Waals surface area contributed by atoms with Gasteiger partial charge in [-0.2, -0.15) is 0 Å². The molecule has 0 aliphatic rings. The normalized spacial score (nSPS) is 10.9. The van der Waals surface area contributed by atoms with E-state index < -0.39 is 0 Å². The van der Waals surface area contributed by atoms with Gasteiger partial charge in [0.25, 0.3) is 0 Å². The number of aryl methyl sites for hydroxylation is 1. The van der Waals surface area contributed by atoms with Gasteiger partial charge in [0.15, 0.2) is 0 Å². The SMILES string of the molecule is Cc1cc(-c2ccc(N(c3ccccc3)c3ccc(-c4ccc(N(c5ccccc5)c5ccccc5)cc4)cc3)cc2)ccc1N(c1ccccc1)c1ccc(-c2ccc(N(c3ccccc3)c3ccccc3)cc2)cc1. The van der Waals surface area contributed by atoms with Gasteiger partial charge in [0, 0.05) is 68.2 Å². The number of hydrogen-bond acceptors (Lipinski definition) is 4. The summed E-state index contributed by atoms with van der Waals surface area (Å²) in [6.45, 7) is 2.21. The third-order valence-electron chi connectivity index (χ3n) is 14.2. The molecule has 0 heterocycles. The molecule has 12 aromatic carbocycles. The first-order chi connectivity index (χ1) is 38.1. The number of hydrogen-bond donors (Lipinski definition) is 0. The molecule has 0 aromatic heterocycles. The van der Waals surface area contributed by atoms with Crippen molar-refractivity contribution in [1.29, 1.82) is 0 Å². The average molecular weight is 989 g/mol. The smallest absolute Gasteiger partial charge is 0.0491 e. The molecule has 0 fully saturated rings. The third kappa shape index (κ3) is 10.4. The molecule has 0 aliphatic heterocycles. The zero-order valence-electron chi connectivity index (χ0n) is 42.9. The van der Waals surface area contributed by atoms with Crippen molar-refractivity contribution in [3.8, 4) is 33.4 Å². The summed E-state index contributed by atoms with van der Waals surface area (Å²) >= 11 is 0. The number of rotatable bonds is 15. The molecule has 0 spiro atoms. The van der Waals surface area contributed by atoms with E-state index in [1.54, 1.807) is 0 Å². The van der Waals surface area contributed by atoms with E-state index in [2.05, 4.69) is 348 Å². The van der Waals surface area contributed by atoms with Gasteiger partial charge in [-0.3, -0.25) is 0 Å². The molecule has 0 atom stereocenters. The van der Waals surface area contributed by atoms with Gasteiger partial charge in [-0.25, -0.2) is 0 Å². The van der Waals surface area contributed by atoms with Crippen LogP contribution in [-0.2, 0) is 0 Å². The minimum absolute atomic E-state index is 1.09. The van der Waals surface area contributed by atoms with Crippen LogP contribution in [-0.4, -0.2) is 0 Å². The highest BCUT2D eigenvalue weighted by Crippen LogP contribution is 2.42. The minimum atomic E-state index is 1.09. The van der Waals surface area contributed by atoms with E-state index in [-0.39, 0.29) is 0 Å². The van der Waals surface area contributed by atoms with E-state index in [1.165, 1.54) is 11.1 Å². The molecule has 12 rings (SSSR count). The molecule has 77 heavy (non-hydrogen) atoms. The van der Waals surface area contributed by atoms with Crippen LogP contribution < -0.4 is 19.6 Å². The summed E-state index contributed by atoms with van der Waals surface area (Å²) in [5.41, 5.74) is 21.5. The second-order valence-electron chi connectivity index (χ2n) is 19.1. The highest BCUT2D eigenvalue weighted by Gasteiger charge is 2.19. The van der Waals surface area contributed by atoms with Crippen molar-refractivity contribution in [3.05, 3.63) is 327 Å². The summed E-state index contributed by atoms with van der Waals surface area (Å²) in [6, 6.07) is 115. The van der Waals surface area contributed by atoms with Gasteiger partial charge in [-0.15, -0.1) is 0 Å². The van der Waals surface area contributed by atoms with Crippen molar-refractivity contribution in [2.24, 2.45) is 0 Å². The van der Waals surface area contributed by atoms with Crippen LogP contribution in [0.25, 0.3) is 33.4 Å². The first kappa shape index (κ1) is 47.8. The second kappa shape index (κ2) is 22.1. The van der Waals surface area contributed by atoms with Crippen LogP contribution in [0, 0.1) is 6.92 Å². The molecule has 0 radical (unpaired) electrons. The van der Waals surface area contributed by atoms with E-state index in [0.717, 1.165) is 96.1 Å². The summed E-state index contributed by atoms with van der Waals surface area (Å²) in [7, 11) is 0. The van der Waals surface area contributed by atoms with Crippen molar-refractivity contribution in [2.45, 2.75) is 6.92 Å². The molecular formula is C73H56N4. The second-order valence-corrected chi connectivity index (χ2v) is 19.1. The molecule has 0 amide bonds. The Hall–Kier alpha value is -10.2. The lowest BCUT2D eigenvalue weighted by molar-refractivity contribution is 1.25. The molecule has 0 bridgehead atoms. The maximum absolute atomic E-state index is 2.36. The Balaban J connectivity index is 0.785. The van der Waals surface area contributed by atoms with Crippen LogP contribution in [0.3, 0.4) is 0 Å². The monoisotopic (exact) mass is 988 g/mol. The average Bonchev–Trinajstić information content (AvgIpc) is 3.52. The highest BCUT2D eigenvalue weighted by molar-refractivity contribution is 5.85. The molecule has 0 saturated heterocycles. The van der Waals surface area contributed by atoms with Crippen LogP contribution in [0.1, 0.15) is 5.56 Å². The van der Waals surface area contributed by atoms with Gasteiger partial charge in [0.2, 0.25) is 0 Å². The van der Waals surface area contributed by atoms with Crippen molar-refractivity contribution in [1.82, 2.24) is 0 Å². The van der Waals surface area contributed by atoms with Gasteiger partial charge in [-0.1, -0.05) is 176 Å². The van der Waals surface area contributed by atoms with E-state index in [9.17, 15) is 0 Å². The van der Waals surface area contributed by atoms with Gasteiger partial charge >= 0.3 is 0 Å². The van der Waals surface area contributed by atoms with Gasteiger partial charge in [0.05, 0.1) is 0 Å². The Morgan fingerprint density at radius 3 is 0.584 bits per heavy atom. The van der Waals surface area contributed by atoms with E-state index in [1.807, 2.05) is 0 Å². The van der Waals surface area contributed by atoms with Crippen molar-refractivity contribution in [3.63, 3.8) is 0 Å². The van der Waals surface area contributed by atoms with Crippen LogP contribution >= 0.6 is 0 Å². The lowest BCUT2D eigenvalue weighted by atomic mass is 10.00. The highest BCUT2D eigenvalue weighted by atomic mass is 15.2. The number of anilines is 12. The van der Waals surface area contributed by atoms with Gasteiger partial charge in [-0.05, 0) is 191 Å². The lowest BCUT2D eigenvalue weighted by Crippen LogP contribution is -2.11. The number of benzene rings is 12. The predicted molar refractivity (Wildman–Crippen MR) is 326 cm³/mol. The van der Waals surface area contributed by atoms with Gasteiger partial charge < -0.3 is 19.6 Å². The summed E-state index contributed by atoms with van der Waals surface area (Å²) in [5.74, 6) is 0. The Morgan fingerprint density at radius 2 is 0.351 bits per heavy atom. The van der Waals surface area contributed by atoms with Crippen molar-refractivity contribution < 1.29 is 0 Å². The van der Waals surface area contributed by atoms with E-state index in [4.69, 9.17) is 0 Å². The summed E-state index contributed by atoms with van der Waals surface area (Å²) in [6.07, 6.45) is 0. The quantitative estimate of drug-likeness (QED) is 0.101. The first-order valence-electron chi connectivity index (χ1n) is 26.2. The fraction of sp³-hybridized carbons (Fsp3) is 0.0137. The molecule has 0 aliphatic carbocycles. The fourth-order valence-electron chi connectivity index (χ4n) is 10.3. The fourth-order valence-corrected chi connectivity index (χ4v) is 10.3. The molecule has 4 nitrogen and oxygen atoms in total. The summed E-state index contributed by atoms with van der Waals surface area (Å²) in [4.78, 5) is 9.27. The lowest BCUT2D eigenvalue weighted by Gasteiger charge is -2.28. The summed E-state index contributed by atoms with van der Waals surface area (Å²) < 4.78 is 0. The van der Waals surface area contributed by atoms with Gasteiger partial charge in [0.1, 0.15) is 0 Å². The third-order valence-corrected chi connectivity index (χ3v) is 14.2. The largest absolute Gasteiger partial charge is 0.311 e. The van der Waals surface area contributed by atoms with Crippen molar-refractivity contribution in [2.75, 3.05) is 19.6 Å². The molecule has 12 aromatic rings. The molecule has 0 unspecified atom stereocenters. The van der Waals surface area contributed by atoms with Crippen LogP contribution in [0.2, 0.25) is 0 Å². The maximum Gasteiger partial charge on any atom is 0.0491 e.